The van der Waals surface area contributed by atoms with Crippen LogP contribution < -0.4 is 10.4 Å². The van der Waals surface area contributed by atoms with Crippen molar-refractivity contribution in [2.45, 2.75) is 206 Å². The number of rotatable bonds is 32. The lowest BCUT2D eigenvalue weighted by atomic mass is 9.97. The maximum absolute atomic E-state index is 12.5. The monoisotopic (exact) mass is 917 g/mol. The second-order valence-corrected chi connectivity index (χ2v) is 22.9. The van der Waals surface area contributed by atoms with Crippen molar-refractivity contribution in [1.29, 1.82) is 0 Å². The van der Waals surface area contributed by atoms with Crippen molar-refractivity contribution in [3.8, 4) is 0 Å². The number of hydrogen-bond donors (Lipinski definition) is 1. The summed E-state index contributed by atoms with van der Waals surface area (Å²) in [7, 11) is -3.01. The van der Waals surface area contributed by atoms with E-state index in [9.17, 15) is 5.11 Å². The Balaban J connectivity index is 1.79. The first-order valence-corrected chi connectivity index (χ1v) is 27.1. The third-order valence-corrected chi connectivity index (χ3v) is 17.3. The first-order chi connectivity index (χ1) is 31.1. The number of hydrogen-bond acceptors (Lipinski definition) is 11. The molecule has 0 bridgehead atoms. The molecular formula is C52H88O11Si. The quantitative estimate of drug-likeness (QED) is 0.0561. The van der Waals surface area contributed by atoms with Crippen molar-refractivity contribution in [3.63, 3.8) is 0 Å². The average molecular weight is 917 g/mol. The van der Waals surface area contributed by atoms with Gasteiger partial charge in [-0.05, 0) is 53.9 Å². The summed E-state index contributed by atoms with van der Waals surface area (Å²) < 4.78 is 68.2. The minimum absolute atomic E-state index is 0.177. The van der Waals surface area contributed by atoms with Crippen LogP contribution in [-0.2, 0) is 47.1 Å². The molecule has 2 aromatic carbocycles. The third-order valence-electron chi connectivity index (χ3n) is 12.3. The summed E-state index contributed by atoms with van der Waals surface area (Å²) in [5.74, 6) is 0. The molecule has 2 saturated heterocycles. The zero-order valence-electron chi connectivity index (χ0n) is 41.2. The zero-order chi connectivity index (χ0) is 46.2. The molecule has 0 spiro atoms. The highest BCUT2D eigenvalue weighted by atomic mass is 28.4. The molecule has 11 nitrogen and oxygen atoms in total. The van der Waals surface area contributed by atoms with E-state index in [-0.39, 0.29) is 11.6 Å². The van der Waals surface area contributed by atoms with Gasteiger partial charge in [-0.3, -0.25) is 0 Å². The Morgan fingerprint density at radius 3 is 1.34 bits per heavy atom. The molecule has 1 N–H and O–H groups in total. The molecule has 2 aliphatic rings. The van der Waals surface area contributed by atoms with Crippen molar-refractivity contribution < 1.29 is 52.2 Å². The van der Waals surface area contributed by atoms with Crippen LogP contribution in [0.4, 0.5) is 0 Å². The Bertz CT molecular complexity index is 1420. The van der Waals surface area contributed by atoms with Crippen LogP contribution in [0.25, 0.3) is 0 Å². The van der Waals surface area contributed by atoms with Crippen LogP contribution in [-0.4, -0.2) is 128 Å². The van der Waals surface area contributed by atoms with Crippen molar-refractivity contribution in [2.75, 3.05) is 52.9 Å². The molecule has 2 aromatic rings. The zero-order valence-corrected chi connectivity index (χ0v) is 42.2. The molecule has 366 valence electrons. The molecule has 64 heavy (non-hydrogen) atoms. The predicted molar refractivity (Wildman–Crippen MR) is 257 cm³/mol. The van der Waals surface area contributed by atoms with E-state index in [1.165, 1.54) is 0 Å². The fraction of sp³-hybridized carbons (Fsp3) is 0.769. The molecule has 2 aliphatic heterocycles. The van der Waals surface area contributed by atoms with Crippen LogP contribution in [0.2, 0.25) is 5.04 Å². The van der Waals surface area contributed by atoms with E-state index >= 15 is 0 Å². The van der Waals surface area contributed by atoms with Crippen molar-refractivity contribution >= 4 is 18.7 Å². The van der Waals surface area contributed by atoms with Gasteiger partial charge in [0.25, 0.3) is 8.32 Å². The fourth-order valence-corrected chi connectivity index (χ4v) is 13.2. The molecule has 0 radical (unpaired) electrons. The van der Waals surface area contributed by atoms with Crippen LogP contribution in [0.3, 0.4) is 0 Å². The Hall–Kier alpha value is -1.78. The molecule has 12 heteroatoms. The van der Waals surface area contributed by atoms with E-state index in [4.69, 9.17) is 47.1 Å². The number of aliphatic hydroxyl groups is 1. The van der Waals surface area contributed by atoms with Gasteiger partial charge in [-0.1, -0.05) is 162 Å². The smallest absolute Gasteiger partial charge is 0.261 e. The van der Waals surface area contributed by atoms with Gasteiger partial charge in [0.05, 0.1) is 13.2 Å². The van der Waals surface area contributed by atoms with E-state index < -0.39 is 69.7 Å². The summed E-state index contributed by atoms with van der Waals surface area (Å²) in [5, 5.41) is 14.5. The summed E-state index contributed by atoms with van der Waals surface area (Å²) in [4.78, 5) is 0. The molecule has 2 fully saturated rings. The highest BCUT2D eigenvalue weighted by molar-refractivity contribution is 6.99. The second kappa shape index (κ2) is 29.9. The highest BCUT2D eigenvalue weighted by Crippen LogP contribution is 2.39. The first-order valence-electron chi connectivity index (χ1n) is 25.2. The molecule has 0 aromatic heterocycles. The summed E-state index contributed by atoms with van der Waals surface area (Å²) in [6, 6.07) is 21.2. The normalized spacial score (nSPS) is 26.7. The van der Waals surface area contributed by atoms with Gasteiger partial charge >= 0.3 is 0 Å². The van der Waals surface area contributed by atoms with Gasteiger partial charge in [-0.25, -0.2) is 0 Å². The van der Waals surface area contributed by atoms with Crippen molar-refractivity contribution in [1.82, 2.24) is 0 Å². The number of aliphatic hydroxyl groups excluding tert-OH is 1. The van der Waals surface area contributed by atoms with Gasteiger partial charge in [0.1, 0.15) is 48.8 Å². The van der Waals surface area contributed by atoms with E-state index in [0.29, 0.717) is 46.2 Å². The van der Waals surface area contributed by atoms with E-state index in [0.717, 1.165) is 87.4 Å². The highest BCUT2D eigenvalue weighted by Gasteiger charge is 2.55. The fourth-order valence-electron chi connectivity index (χ4n) is 8.59. The standard InChI is InChI=1S/C52H88O11Si/c1-10-16-32-54-38-42-46(56-34-18-12-3)48(58-36-20-14-5)49(59-37-21-15-6)51(62-42)63-50-44(53)47(57-35-19-13-4)45(55-33-17-11-2)43(61-50)39-60-64(52(7,8)9,40-28-24-22-25-29-40)41-30-26-23-27-31-41/h22-31,42-51,53H,10-21,32-39H2,1-9H3/t42?,43?,44?,45-,46-,47?,48?,49?,50-,51-/m1/s1. The van der Waals surface area contributed by atoms with Gasteiger partial charge in [-0.15, -0.1) is 0 Å². The van der Waals surface area contributed by atoms with Crippen LogP contribution >= 0.6 is 0 Å². The van der Waals surface area contributed by atoms with Gasteiger partial charge in [0.2, 0.25) is 0 Å². The van der Waals surface area contributed by atoms with Crippen LogP contribution in [0, 0.1) is 0 Å². The topological polar surface area (TPSA) is 113 Å². The summed E-state index contributed by atoms with van der Waals surface area (Å²) in [6.45, 7) is 23.3. The SMILES string of the molecule is CCCCOCC1O[C@H](O[C@H]2OC(CO[Si](c3ccccc3)(c3ccccc3)C(C)(C)C)[C@@H](OCCCC)C(OCCCC)C2O)C(OCCCC)C(OCCCC)[C@@H]1OCCCC. The maximum atomic E-state index is 12.5. The first kappa shape index (κ1) is 54.8. The molecule has 0 saturated carbocycles. The molecule has 4 rings (SSSR count). The number of ether oxygens (including phenoxy) is 9. The van der Waals surface area contributed by atoms with Crippen LogP contribution in [0.5, 0.6) is 0 Å². The maximum Gasteiger partial charge on any atom is 0.261 e. The van der Waals surface area contributed by atoms with Gasteiger partial charge in [-0.2, -0.15) is 0 Å². The lowest BCUT2D eigenvalue weighted by Crippen LogP contribution is -2.69. The Kier molecular flexibility index (Phi) is 25.6. The average Bonchev–Trinajstić information content (AvgIpc) is 3.29. The third kappa shape index (κ3) is 15.6. The van der Waals surface area contributed by atoms with Gasteiger partial charge in [0, 0.05) is 39.6 Å². The van der Waals surface area contributed by atoms with Crippen LogP contribution in [0.1, 0.15) is 139 Å². The second-order valence-electron chi connectivity index (χ2n) is 18.6. The number of unbranched alkanes of at least 4 members (excludes halogenated alkanes) is 6. The van der Waals surface area contributed by atoms with Gasteiger partial charge in [0.15, 0.2) is 12.6 Å². The largest absolute Gasteiger partial charge is 0.405 e. The summed E-state index contributed by atoms with van der Waals surface area (Å²) in [5.41, 5.74) is 0. The molecule has 2 heterocycles. The van der Waals surface area contributed by atoms with Crippen LogP contribution in [0.15, 0.2) is 60.7 Å². The van der Waals surface area contributed by atoms with Crippen molar-refractivity contribution in [2.24, 2.45) is 0 Å². The van der Waals surface area contributed by atoms with E-state index in [1.807, 2.05) is 12.1 Å². The predicted octanol–water partition coefficient (Wildman–Crippen LogP) is 9.13. The lowest BCUT2D eigenvalue weighted by Gasteiger charge is -2.50. The summed E-state index contributed by atoms with van der Waals surface area (Å²) in [6.07, 6.45) is 3.49. The molecule has 6 unspecified atom stereocenters. The lowest BCUT2D eigenvalue weighted by molar-refractivity contribution is -0.387. The minimum Gasteiger partial charge on any atom is -0.405 e. The number of benzene rings is 2. The molecule has 10 atom stereocenters. The van der Waals surface area contributed by atoms with E-state index in [1.54, 1.807) is 0 Å². The Morgan fingerprint density at radius 1 is 0.484 bits per heavy atom. The Labute approximate surface area is 389 Å². The minimum atomic E-state index is -3.01. The molecule has 0 amide bonds. The molecule has 0 aliphatic carbocycles. The Morgan fingerprint density at radius 2 is 0.875 bits per heavy atom. The van der Waals surface area contributed by atoms with E-state index in [2.05, 4.69) is 111 Å². The van der Waals surface area contributed by atoms with Crippen molar-refractivity contribution in [3.05, 3.63) is 60.7 Å². The molecular weight excluding hydrogens is 829 g/mol. The summed E-state index contributed by atoms with van der Waals surface area (Å²) >= 11 is 0. The van der Waals surface area contributed by atoms with Gasteiger partial charge < -0.3 is 52.2 Å².